The van der Waals surface area contributed by atoms with Crippen LogP contribution in [0.2, 0.25) is 0 Å². The zero-order valence-corrected chi connectivity index (χ0v) is 11.1. The fraction of sp³-hybridized carbons (Fsp3) is 0.667. The first-order valence-electron chi connectivity index (χ1n) is 5.69. The molecule has 0 aromatic carbocycles. The van der Waals surface area contributed by atoms with Gasteiger partial charge in [0.25, 0.3) is 0 Å². The molecule has 0 aliphatic heterocycles. The Bertz CT molecular complexity index is 285. The molecule has 3 heteroatoms. The molecule has 0 aliphatic rings. The molecule has 2 atom stereocenters. The molecule has 2 nitrogen and oxygen atoms in total. The molecule has 2 unspecified atom stereocenters. The number of furan rings is 1. The molecule has 1 aromatic heterocycles. The second-order valence-corrected chi connectivity index (χ2v) is 4.76. The summed E-state index contributed by atoms with van der Waals surface area (Å²) in [6.07, 6.45) is 4.77. The van der Waals surface area contributed by atoms with Gasteiger partial charge in [-0.15, -0.1) is 0 Å². The lowest BCUT2D eigenvalue weighted by molar-refractivity contribution is 0.326. The Hall–Kier alpha value is -0.280. The topological polar surface area (TPSA) is 39.2 Å². The van der Waals surface area contributed by atoms with Crippen LogP contribution in [0, 0.1) is 5.92 Å². The van der Waals surface area contributed by atoms with Crippen molar-refractivity contribution in [2.75, 3.05) is 0 Å². The van der Waals surface area contributed by atoms with E-state index in [1.807, 2.05) is 12.1 Å². The molecule has 15 heavy (non-hydrogen) atoms. The summed E-state index contributed by atoms with van der Waals surface area (Å²) < 4.78 is 6.26. The number of nitrogens with two attached hydrogens (primary N) is 1. The predicted molar refractivity (Wildman–Crippen MR) is 66.6 cm³/mol. The normalized spacial score (nSPS) is 15.2. The minimum absolute atomic E-state index is 0.0350. The van der Waals surface area contributed by atoms with Crippen LogP contribution in [0.25, 0.3) is 0 Å². The van der Waals surface area contributed by atoms with Crippen molar-refractivity contribution in [1.29, 1.82) is 0 Å². The number of unbranched alkanes of at least 4 members (excludes halogenated alkanes) is 1. The Morgan fingerprint density at radius 3 is 2.60 bits per heavy atom. The molecule has 0 radical (unpaired) electrons. The van der Waals surface area contributed by atoms with Crippen LogP contribution < -0.4 is 5.73 Å². The Balaban J connectivity index is 2.59. The third kappa shape index (κ3) is 3.65. The minimum atomic E-state index is 0.0350. The monoisotopic (exact) mass is 273 g/mol. The summed E-state index contributed by atoms with van der Waals surface area (Å²) in [6, 6.07) is 3.90. The maximum atomic E-state index is 6.19. The third-order valence-electron chi connectivity index (χ3n) is 2.88. The Morgan fingerprint density at radius 2 is 2.13 bits per heavy atom. The largest absolute Gasteiger partial charge is 0.453 e. The van der Waals surface area contributed by atoms with Crippen LogP contribution in [0.4, 0.5) is 0 Å². The summed E-state index contributed by atoms with van der Waals surface area (Å²) >= 11 is 3.30. The van der Waals surface area contributed by atoms with E-state index in [9.17, 15) is 0 Å². The Labute approximate surface area is 100 Å². The van der Waals surface area contributed by atoms with Crippen molar-refractivity contribution in [2.24, 2.45) is 11.7 Å². The molecule has 1 aromatic rings. The zero-order valence-electron chi connectivity index (χ0n) is 9.50. The summed E-state index contributed by atoms with van der Waals surface area (Å²) in [7, 11) is 0. The summed E-state index contributed by atoms with van der Waals surface area (Å²) in [6.45, 7) is 4.40. The van der Waals surface area contributed by atoms with Gasteiger partial charge in [-0.3, -0.25) is 0 Å². The van der Waals surface area contributed by atoms with Crippen molar-refractivity contribution in [1.82, 2.24) is 0 Å². The highest BCUT2D eigenvalue weighted by Gasteiger charge is 2.20. The highest BCUT2D eigenvalue weighted by molar-refractivity contribution is 9.10. The van der Waals surface area contributed by atoms with E-state index in [1.165, 1.54) is 19.3 Å². The van der Waals surface area contributed by atoms with Crippen LogP contribution in [0.15, 0.2) is 21.2 Å². The molecule has 0 bridgehead atoms. The lowest BCUT2D eigenvalue weighted by Gasteiger charge is -2.20. The van der Waals surface area contributed by atoms with E-state index in [0.29, 0.717) is 5.92 Å². The third-order valence-corrected chi connectivity index (χ3v) is 3.31. The van der Waals surface area contributed by atoms with E-state index in [-0.39, 0.29) is 6.04 Å². The molecule has 2 N–H and O–H groups in total. The SMILES string of the molecule is CCCCC(CC)C(N)c1ccc(Br)o1. The van der Waals surface area contributed by atoms with Gasteiger partial charge in [0.2, 0.25) is 0 Å². The lowest BCUT2D eigenvalue weighted by Crippen LogP contribution is -2.20. The van der Waals surface area contributed by atoms with Crippen molar-refractivity contribution in [2.45, 2.75) is 45.6 Å². The van der Waals surface area contributed by atoms with Crippen LogP contribution in [-0.2, 0) is 0 Å². The predicted octanol–water partition coefficient (Wildman–Crippen LogP) is 4.26. The van der Waals surface area contributed by atoms with Gasteiger partial charge in [-0.25, -0.2) is 0 Å². The van der Waals surface area contributed by atoms with Crippen LogP contribution in [-0.4, -0.2) is 0 Å². The quantitative estimate of drug-likeness (QED) is 0.841. The van der Waals surface area contributed by atoms with Crippen molar-refractivity contribution < 1.29 is 4.42 Å². The minimum Gasteiger partial charge on any atom is -0.453 e. The van der Waals surface area contributed by atoms with Gasteiger partial charge in [0.15, 0.2) is 4.67 Å². The Kier molecular flexibility index (Phi) is 5.40. The summed E-state index contributed by atoms with van der Waals surface area (Å²) in [5, 5.41) is 0. The van der Waals surface area contributed by atoms with Gasteiger partial charge >= 0.3 is 0 Å². The molecule has 1 heterocycles. The molecule has 0 amide bonds. The molecule has 0 fully saturated rings. The van der Waals surface area contributed by atoms with Crippen molar-refractivity contribution in [3.63, 3.8) is 0 Å². The second-order valence-electron chi connectivity index (χ2n) is 3.98. The molecular weight excluding hydrogens is 254 g/mol. The molecule has 0 saturated carbocycles. The van der Waals surface area contributed by atoms with Gasteiger partial charge in [0, 0.05) is 0 Å². The molecule has 0 aliphatic carbocycles. The first-order chi connectivity index (χ1) is 7.19. The first kappa shape index (κ1) is 12.8. The van der Waals surface area contributed by atoms with Crippen LogP contribution in [0.3, 0.4) is 0 Å². The average Bonchev–Trinajstić information content (AvgIpc) is 2.65. The first-order valence-corrected chi connectivity index (χ1v) is 6.49. The van der Waals surface area contributed by atoms with E-state index in [0.717, 1.165) is 16.9 Å². The Morgan fingerprint density at radius 1 is 1.40 bits per heavy atom. The standard InChI is InChI=1S/C12H20BrNO/c1-3-5-6-9(4-2)12(14)10-7-8-11(13)15-10/h7-9,12H,3-6,14H2,1-2H3. The lowest BCUT2D eigenvalue weighted by atomic mass is 9.90. The van der Waals surface area contributed by atoms with Crippen LogP contribution >= 0.6 is 15.9 Å². The number of rotatable bonds is 6. The van der Waals surface area contributed by atoms with E-state index in [4.69, 9.17) is 10.2 Å². The van der Waals surface area contributed by atoms with Gasteiger partial charge in [0.05, 0.1) is 6.04 Å². The molecular formula is C12H20BrNO. The number of halogens is 1. The highest BCUT2D eigenvalue weighted by atomic mass is 79.9. The van der Waals surface area contributed by atoms with Crippen molar-refractivity contribution in [3.8, 4) is 0 Å². The van der Waals surface area contributed by atoms with Crippen molar-refractivity contribution in [3.05, 3.63) is 22.6 Å². The zero-order chi connectivity index (χ0) is 11.3. The maximum absolute atomic E-state index is 6.19. The van der Waals surface area contributed by atoms with E-state index >= 15 is 0 Å². The highest BCUT2D eigenvalue weighted by Crippen LogP contribution is 2.29. The molecule has 1 rings (SSSR count). The average molecular weight is 274 g/mol. The fourth-order valence-corrected chi connectivity index (χ4v) is 2.16. The summed E-state index contributed by atoms with van der Waals surface area (Å²) in [5.74, 6) is 1.42. The smallest absolute Gasteiger partial charge is 0.169 e. The molecule has 86 valence electrons. The molecule has 0 saturated heterocycles. The van der Waals surface area contributed by atoms with Crippen molar-refractivity contribution >= 4 is 15.9 Å². The van der Waals surface area contributed by atoms with Gasteiger partial charge in [-0.05, 0) is 40.4 Å². The number of hydrogen-bond donors (Lipinski definition) is 1. The molecule has 0 spiro atoms. The van der Waals surface area contributed by atoms with Gasteiger partial charge in [0.1, 0.15) is 5.76 Å². The summed E-state index contributed by atoms with van der Waals surface area (Å²) in [5.41, 5.74) is 6.19. The van der Waals surface area contributed by atoms with E-state index < -0.39 is 0 Å². The van der Waals surface area contributed by atoms with Gasteiger partial charge in [-0.1, -0.05) is 33.1 Å². The van der Waals surface area contributed by atoms with Crippen LogP contribution in [0.1, 0.15) is 51.3 Å². The van der Waals surface area contributed by atoms with Gasteiger partial charge < -0.3 is 10.2 Å². The van der Waals surface area contributed by atoms with E-state index in [2.05, 4.69) is 29.8 Å². The summed E-state index contributed by atoms with van der Waals surface area (Å²) in [4.78, 5) is 0. The second kappa shape index (κ2) is 6.33. The maximum Gasteiger partial charge on any atom is 0.169 e. The van der Waals surface area contributed by atoms with Gasteiger partial charge in [-0.2, -0.15) is 0 Å². The number of hydrogen-bond acceptors (Lipinski definition) is 2. The van der Waals surface area contributed by atoms with Crippen LogP contribution in [0.5, 0.6) is 0 Å². The van der Waals surface area contributed by atoms with E-state index in [1.54, 1.807) is 0 Å². The fourth-order valence-electron chi connectivity index (χ4n) is 1.84.